The zero-order chi connectivity index (χ0) is 15.2. The average Bonchev–Trinajstić information content (AvgIpc) is 2.39. The molecule has 0 radical (unpaired) electrons. The molecule has 0 spiro atoms. The fourth-order valence-electron chi connectivity index (χ4n) is 2.38. The fourth-order valence-corrected chi connectivity index (χ4v) is 2.84. The molecule has 114 valence electrons. The van der Waals surface area contributed by atoms with E-state index < -0.39 is 11.7 Å². The van der Waals surface area contributed by atoms with E-state index in [0.717, 1.165) is 30.8 Å². The molecule has 0 amide bonds. The number of rotatable bonds is 7. The molecule has 0 aliphatic carbocycles. The molecule has 1 rings (SSSR count). The number of halogens is 4. The molecule has 0 N–H and O–H groups in total. The zero-order valence-electron chi connectivity index (χ0n) is 11.9. The van der Waals surface area contributed by atoms with Crippen molar-refractivity contribution in [3.63, 3.8) is 0 Å². The minimum Gasteiger partial charge on any atom is -0.295 e. The second kappa shape index (κ2) is 8.03. The second-order valence-electron chi connectivity index (χ2n) is 4.83. The van der Waals surface area contributed by atoms with Gasteiger partial charge in [-0.15, -0.1) is 0 Å². The van der Waals surface area contributed by atoms with Crippen molar-refractivity contribution in [2.45, 2.75) is 45.5 Å². The van der Waals surface area contributed by atoms with E-state index >= 15 is 0 Å². The highest BCUT2D eigenvalue weighted by atomic mass is 79.9. The van der Waals surface area contributed by atoms with Crippen molar-refractivity contribution in [1.29, 1.82) is 0 Å². The molecule has 20 heavy (non-hydrogen) atoms. The van der Waals surface area contributed by atoms with E-state index in [1.54, 1.807) is 6.07 Å². The van der Waals surface area contributed by atoms with E-state index in [2.05, 4.69) is 34.7 Å². The lowest BCUT2D eigenvalue weighted by Crippen LogP contribution is -2.35. The van der Waals surface area contributed by atoms with E-state index in [1.807, 2.05) is 0 Å². The van der Waals surface area contributed by atoms with E-state index in [9.17, 15) is 13.2 Å². The minimum absolute atomic E-state index is 0.405. The zero-order valence-corrected chi connectivity index (χ0v) is 13.5. The van der Waals surface area contributed by atoms with Gasteiger partial charge >= 0.3 is 6.18 Å². The molecule has 1 aromatic carbocycles. The molecule has 0 aliphatic heterocycles. The quantitative estimate of drug-likeness (QED) is 0.618. The summed E-state index contributed by atoms with van der Waals surface area (Å²) >= 11 is 3.41. The van der Waals surface area contributed by atoms with Gasteiger partial charge in [0.1, 0.15) is 0 Å². The minimum atomic E-state index is -4.27. The molecule has 1 nitrogen and oxygen atoms in total. The van der Waals surface area contributed by atoms with Gasteiger partial charge in [-0.05, 0) is 24.5 Å². The van der Waals surface area contributed by atoms with Crippen molar-refractivity contribution in [3.8, 4) is 0 Å². The summed E-state index contributed by atoms with van der Waals surface area (Å²) in [5, 5.41) is 0.822. The Balaban J connectivity index is 2.88. The van der Waals surface area contributed by atoms with Crippen LogP contribution in [0, 0.1) is 0 Å². The highest BCUT2D eigenvalue weighted by Gasteiger charge is 2.30. The van der Waals surface area contributed by atoms with E-state index in [4.69, 9.17) is 0 Å². The molecule has 0 saturated carbocycles. The van der Waals surface area contributed by atoms with Crippen molar-refractivity contribution in [3.05, 3.63) is 35.4 Å². The topological polar surface area (TPSA) is 3.24 Å². The molecule has 0 aromatic heterocycles. The Kier molecular flexibility index (Phi) is 7.03. The van der Waals surface area contributed by atoms with Crippen LogP contribution in [0.3, 0.4) is 0 Å². The number of benzene rings is 1. The number of hydrogen-bond donors (Lipinski definition) is 0. The normalized spacial score (nSPS) is 12.4. The maximum Gasteiger partial charge on any atom is 0.416 e. The summed E-state index contributed by atoms with van der Waals surface area (Å²) in [7, 11) is 0. The van der Waals surface area contributed by atoms with Crippen LogP contribution in [0.4, 0.5) is 13.2 Å². The predicted octanol–water partition coefficient (Wildman–Crippen LogP) is 5.09. The molecule has 0 heterocycles. The molecule has 1 aromatic rings. The van der Waals surface area contributed by atoms with Gasteiger partial charge in [-0.1, -0.05) is 48.0 Å². The van der Waals surface area contributed by atoms with E-state index in [-0.39, 0.29) is 0 Å². The van der Waals surface area contributed by atoms with Crippen LogP contribution >= 0.6 is 15.9 Å². The van der Waals surface area contributed by atoms with Crippen molar-refractivity contribution >= 4 is 15.9 Å². The monoisotopic (exact) mass is 351 g/mol. The van der Waals surface area contributed by atoms with Gasteiger partial charge in [-0.25, -0.2) is 0 Å². The fraction of sp³-hybridized carbons (Fsp3) is 0.600. The largest absolute Gasteiger partial charge is 0.416 e. The van der Waals surface area contributed by atoms with Crippen LogP contribution in [0.25, 0.3) is 0 Å². The van der Waals surface area contributed by atoms with E-state index in [0.29, 0.717) is 18.2 Å². The molecular weight excluding hydrogens is 331 g/mol. The molecule has 0 saturated heterocycles. The van der Waals surface area contributed by atoms with Crippen molar-refractivity contribution < 1.29 is 13.2 Å². The van der Waals surface area contributed by atoms with Gasteiger partial charge in [-0.3, -0.25) is 4.90 Å². The number of hydrogen-bond acceptors (Lipinski definition) is 1. The Morgan fingerprint density at radius 2 is 1.85 bits per heavy atom. The third kappa shape index (κ3) is 5.09. The van der Waals surface area contributed by atoms with Crippen LogP contribution in [-0.4, -0.2) is 22.8 Å². The summed E-state index contributed by atoms with van der Waals surface area (Å²) in [5.74, 6) is 0. The maximum atomic E-state index is 12.7. The van der Waals surface area contributed by atoms with Crippen molar-refractivity contribution in [2.24, 2.45) is 0 Å². The molecular formula is C15H21BrF3N. The van der Waals surface area contributed by atoms with Gasteiger partial charge in [0.15, 0.2) is 0 Å². The summed E-state index contributed by atoms with van der Waals surface area (Å²) in [4.78, 5) is 2.24. The molecule has 0 unspecified atom stereocenters. The lowest BCUT2D eigenvalue weighted by Gasteiger charge is -2.30. The smallest absolute Gasteiger partial charge is 0.295 e. The van der Waals surface area contributed by atoms with Gasteiger partial charge in [0.05, 0.1) is 5.56 Å². The van der Waals surface area contributed by atoms with Crippen LogP contribution in [0.15, 0.2) is 24.3 Å². The first-order chi connectivity index (χ1) is 9.42. The summed E-state index contributed by atoms with van der Waals surface area (Å²) in [6.45, 7) is 5.62. The Labute approximate surface area is 127 Å². The molecule has 0 fully saturated rings. The summed E-state index contributed by atoms with van der Waals surface area (Å²) < 4.78 is 38.2. The summed E-state index contributed by atoms with van der Waals surface area (Å²) in [6.07, 6.45) is -2.27. The van der Waals surface area contributed by atoms with Crippen molar-refractivity contribution in [1.82, 2.24) is 4.90 Å². The first-order valence-electron chi connectivity index (χ1n) is 6.88. The highest BCUT2D eigenvalue weighted by Crippen LogP contribution is 2.30. The Hall–Kier alpha value is -0.550. The maximum absolute atomic E-state index is 12.7. The molecule has 0 atom stereocenters. The third-order valence-corrected chi connectivity index (χ3v) is 3.83. The van der Waals surface area contributed by atoms with Gasteiger partial charge in [0.25, 0.3) is 0 Å². The second-order valence-corrected chi connectivity index (χ2v) is 5.62. The highest BCUT2D eigenvalue weighted by molar-refractivity contribution is 9.09. The number of alkyl halides is 4. The first-order valence-corrected chi connectivity index (χ1v) is 8.00. The SMILES string of the molecule is CCC(CC)N(CCBr)Cc1cccc(C(F)(F)F)c1. The number of nitrogens with zero attached hydrogens (tertiary/aromatic N) is 1. The van der Waals surface area contributed by atoms with Gasteiger partial charge in [-0.2, -0.15) is 13.2 Å². The Morgan fingerprint density at radius 3 is 2.35 bits per heavy atom. The van der Waals surface area contributed by atoms with Crippen LogP contribution in [0.2, 0.25) is 0 Å². The summed E-state index contributed by atoms with van der Waals surface area (Å²) in [6, 6.07) is 6.03. The third-order valence-electron chi connectivity index (χ3n) is 3.47. The predicted molar refractivity (Wildman–Crippen MR) is 80.0 cm³/mol. The molecule has 5 heteroatoms. The van der Waals surface area contributed by atoms with Crippen LogP contribution in [-0.2, 0) is 12.7 Å². The lowest BCUT2D eigenvalue weighted by molar-refractivity contribution is -0.137. The van der Waals surface area contributed by atoms with Crippen molar-refractivity contribution in [2.75, 3.05) is 11.9 Å². The lowest BCUT2D eigenvalue weighted by atomic mass is 10.1. The van der Waals surface area contributed by atoms with Crippen LogP contribution < -0.4 is 0 Å². The summed E-state index contributed by atoms with van der Waals surface area (Å²) in [5.41, 5.74) is 0.144. The van der Waals surface area contributed by atoms with Gasteiger partial charge in [0, 0.05) is 24.5 Å². The first kappa shape index (κ1) is 17.5. The van der Waals surface area contributed by atoms with E-state index in [1.165, 1.54) is 12.1 Å². The van der Waals surface area contributed by atoms with Gasteiger partial charge < -0.3 is 0 Å². The van der Waals surface area contributed by atoms with Crippen LogP contribution in [0.1, 0.15) is 37.8 Å². The Morgan fingerprint density at radius 1 is 1.20 bits per heavy atom. The molecule has 0 aliphatic rings. The Bertz CT molecular complexity index is 402. The molecule has 0 bridgehead atoms. The standard InChI is InChI=1S/C15H21BrF3N/c1-3-14(4-2)20(9-8-16)11-12-6-5-7-13(10-12)15(17,18)19/h5-7,10,14H,3-4,8-9,11H2,1-2H3. The van der Waals surface area contributed by atoms with Gasteiger partial charge in [0.2, 0.25) is 0 Å². The average molecular weight is 352 g/mol. The van der Waals surface area contributed by atoms with Crippen LogP contribution in [0.5, 0.6) is 0 Å².